The molecule has 1 saturated heterocycles. The van der Waals surface area contributed by atoms with Crippen molar-refractivity contribution in [3.8, 4) is 0 Å². The minimum Gasteiger partial charge on any atom is -0.382 e. The van der Waals surface area contributed by atoms with Gasteiger partial charge in [0.15, 0.2) is 0 Å². The number of nitrogens with one attached hydrogen (secondary N) is 1. The predicted molar refractivity (Wildman–Crippen MR) is 91.0 cm³/mol. The number of nitrogens with zero attached hydrogens (tertiary/aromatic N) is 2. The molecule has 6 heteroatoms. The second-order valence-electron chi connectivity index (χ2n) is 5.92. The first-order valence-corrected chi connectivity index (χ1v) is 7.64. The van der Waals surface area contributed by atoms with Crippen molar-refractivity contribution in [1.82, 2.24) is 4.90 Å². The molecule has 0 saturated carbocycles. The normalized spacial score (nSPS) is 24.1. The number of morpholine rings is 1. The molecule has 2 aliphatic heterocycles. The largest absolute Gasteiger partial charge is 0.382 e. The van der Waals surface area contributed by atoms with Gasteiger partial charge in [0.1, 0.15) is 0 Å². The van der Waals surface area contributed by atoms with Crippen LogP contribution < -0.4 is 10.2 Å². The molecule has 0 radical (unpaired) electrons. The number of carbonyl (C=O) groups excluding carboxylic acids is 1. The van der Waals surface area contributed by atoms with Gasteiger partial charge in [-0.2, -0.15) is 0 Å². The third-order valence-electron chi connectivity index (χ3n) is 4.04. The second kappa shape index (κ2) is 7.20. The number of anilines is 2. The fraction of sp³-hybridized carbons (Fsp3) is 0.562. The summed E-state index contributed by atoms with van der Waals surface area (Å²) in [5.74, 6) is 0.189. The summed E-state index contributed by atoms with van der Waals surface area (Å²) >= 11 is 0. The maximum Gasteiger partial charge on any atom is 0.242 e. The summed E-state index contributed by atoms with van der Waals surface area (Å²) in [6.07, 6.45) is 0.237. The first-order chi connectivity index (χ1) is 10.1. The fourth-order valence-electron chi connectivity index (χ4n) is 3.15. The van der Waals surface area contributed by atoms with Crippen LogP contribution in [-0.4, -0.2) is 55.7 Å². The molecule has 2 aliphatic rings. The lowest BCUT2D eigenvalue weighted by molar-refractivity contribution is -0.141. The summed E-state index contributed by atoms with van der Waals surface area (Å²) in [7, 11) is 0. The Morgan fingerprint density at radius 3 is 2.68 bits per heavy atom. The van der Waals surface area contributed by atoms with Gasteiger partial charge < -0.3 is 19.9 Å². The number of benzene rings is 1. The Balaban J connectivity index is 0.00000176. The Kier molecular flexibility index (Phi) is 5.53. The SMILES string of the molecule is CC1CN(C(=O)CN2CCNc3ccccc32)CC(C)O1.Cl. The molecule has 0 aromatic heterocycles. The number of hydrogen-bond donors (Lipinski definition) is 1. The zero-order valence-electron chi connectivity index (χ0n) is 13.1. The Labute approximate surface area is 138 Å². The Morgan fingerprint density at radius 2 is 1.95 bits per heavy atom. The molecule has 2 unspecified atom stereocenters. The van der Waals surface area contributed by atoms with E-state index < -0.39 is 0 Å². The van der Waals surface area contributed by atoms with E-state index in [4.69, 9.17) is 4.74 Å². The van der Waals surface area contributed by atoms with Gasteiger partial charge in [-0.15, -0.1) is 12.4 Å². The molecule has 1 aromatic carbocycles. The van der Waals surface area contributed by atoms with Crippen LogP contribution in [0.3, 0.4) is 0 Å². The van der Waals surface area contributed by atoms with E-state index in [1.54, 1.807) is 0 Å². The molecule has 3 rings (SSSR count). The highest BCUT2D eigenvalue weighted by molar-refractivity contribution is 5.85. The Bertz CT molecular complexity index is 516. The summed E-state index contributed by atoms with van der Waals surface area (Å²) in [6.45, 7) is 7.61. The van der Waals surface area contributed by atoms with Crippen molar-refractivity contribution in [2.45, 2.75) is 26.1 Å². The summed E-state index contributed by atoms with van der Waals surface area (Å²) in [5, 5.41) is 3.37. The number of para-hydroxylation sites is 2. The van der Waals surface area contributed by atoms with Crippen molar-refractivity contribution >= 4 is 29.7 Å². The van der Waals surface area contributed by atoms with E-state index in [1.165, 1.54) is 0 Å². The molecule has 0 spiro atoms. The smallest absolute Gasteiger partial charge is 0.242 e. The number of halogens is 1. The second-order valence-corrected chi connectivity index (χ2v) is 5.92. The van der Waals surface area contributed by atoms with Gasteiger partial charge in [0.2, 0.25) is 5.91 Å². The quantitative estimate of drug-likeness (QED) is 0.903. The Morgan fingerprint density at radius 1 is 1.27 bits per heavy atom. The van der Waals surface area contributed by atoms with Crippen molar-refractivity contribution in [1.29, 1.82) is 0 Å². The van der Waals surface area contributed by atoms with E-state index in [1.807, 2.05) is 30.9 Å². The fourth-order valence-corrected chi connectivity index (χ4v) is 3.15. The highest BCUT2D eigenvalue weighted by atomic mass is 35.5. The lowest BCUT2D eigenvalue weighted by Crippen LogP contribution is -2.51. The van der Waals surface area contributed by atoms with E-state index in [2.05, 4.69) is 22.3 Å². The maximum absolute atomic E-state index is 12.6. The van der Waals surface area contributed by atoms with Gasteiger partial charge in [0, 0.05) is 26.2 Å². The van der Waals surface area contributed by atoms with Gasteiger partial charge in [-0.1, -0.05) is 12.1 Å². The van der Waals surface area contributed by atoms with Gasteiger partial charge in [-0.05, 0) is 26.0 Å². The molecular formula is C16H24ClN3O2. The van der Waals surface area contributed by atoms with E-state index in [0.29, 0.717) is 19.6 Å². The standard InChI is InChI=1S/C16H23N3O2.ClH/c1-12-9-19(10-13(2)21-12)16(20)11-18-8-7-17-14-5-3-4-6-15(14)18;/h3-6,12-13,17H,7-11H2,1-2H3;1H. The minimum absolute atomic E-state index is 0. The first-order valence-electron chi connectivity index (χ1n) is 7.64. The number of carbonyl (C=O) groups is 1. The highest BCUT2D eigenvalue weighted by Crippen LogP contribution is 2.28. The van der Waals surface area contributed by atoms with Crippen LogP contribution in [0.1, 0.15) is 13.8 Å². The van der Waals surface area contributed by atoms with Gasteiger partial charge >= 0.3 is 0 Å². The molecule has 1 aromatic rings. The van der Waals surface area contributed by atoms with E-state index in [0.717, 1.165) is 24.5 Å². The molecular weight excluding hydrogens is 302 g/mol. The highest BCUT2D eigenvalue weighted by Gasteiger charge is 2.27. The molecule has 2 atom stereocenters. The molecule has 5 nitrogen and oxygen atoms in total. The van der Waals surface area contributed by atoms with Gasteiger partial charge in [-0.3, -0.25) is 4.79 Å². The van der Waals surface area contributed by atoms with E-state index in [-0.39, 0.29) is 30.5 Å². The zero-order chi connectivity index (χ0) is 14.8. The molecule has 1 amide bonds. The summed E-state index contributed by atoms with van der Waals surface area (Å²) in [5.41, 5.74) is 2.23. The Hall–Kier alpha value is -1.46. The lowest BCUT2D eigenvalue weighted by atomic mass is 10.2. The molecule has 0 bridgehead atoms. The van der Waals surface area contributed by atoms with Crippen LogP contribution in [0.5, 0.6) is 0 Å². The topological polar surface area (TPSA) is 44.8 Å². The monoisotopic (exact) mass is 325 g/mol. The molecule has 22 heavy (non-hydrogen) atoms. The average molecular weight is 326 g/mol. The maximum atomic E-state index is 12.6. The van der Waals surface area contributed by atoms with Gasteiger partial charge in [0.05, 0.1) is 30.1 Å². The number of amides is 1. The molecule has 1 fully saturated rings. The van der Waals surface area contributed by atoms with Crippen molar-refractivity contribution in [2.75, 3.05) is 42.9 Å². The molecule has 122 valence electrons. The molecule has 0 aliphatic carbocycles. The lowest BCUT2D eigenvalue weighted by Gasteiger charge is -2.38. The third kappa shape index (κ3) is 3.65. The summed E-state index contributed by atoms with van der Waals surface area (Å²) in [4.78, 5) is 16.7. The van der Waals surface area contributed by atoms with E-state index >= 15 is 0 Å². The average Bonchev–Trinajstić information content (AvgIpc) is 2.46. The van der Waals surface area contributed by atoms with Crippen molar-refractivity contribution < 1.29 is 9.53 Å². The van der Waals surface area contributed by atoms with Crippen molar-refractivity contribution in [3.63, 3.8) is 0 Å². The third-order valence-corrected chi connectivity index (χ3v) is 4.04. The molecule has 1 N–H and O–H groups in total. The zero-order valence-corrected chi connectivity index (χ0v) is 13.9. The summed E-state index contributed by atoms with van der Waals surface area (Å²) < 4.78 is 5.70. The van der Waals surface area contributed by atoms with Crippen molar-refractivity contribution in [2.24, 2.45) is 0 Å². The van der Waals surface area contributed by atoms with Gasteiger partial charge in [-0.25, -0.2) is 0 Å². The molecule has 2 heterocycles. The van der Waals surface area contributed by atoms with E-state index in [9.17, 15) is 4.79 Å². The van der Waals surface area contributed by atoms with Crippen LogP contribution in [0, 0.1) is 0 Å². The van der Waals surface area contributed by atoms with Crippen LogP contribution >= 0.6 is 12.4 Å². The van der Waals surface area contributed by atoms with Crippen LogP contribution in [0.2, 0.25) is 0 Å². The van der Waals surface area contributed by atoms with Crippen LogP contribution in [-0.2, 0) is 9.53 Å². The predicted octanol–water partition coefficient (Wildman–Crippen LogP) is 1.98. The van der Waals surface area contributed by atoms with Crippen LogP contribution in [0.4, 0.5) is 11.4 Å². The first kappa shape index (κ1) is 16.9. The minimum atomic E-state index is 0. The number of fused-ring (bicyclic) bond motifs is 1. The van der Waals surface area contributed by atoms with Crippen LogP contribution in [0.25, 0.3) is 0 Å². The van der Waals surface area contributed by atoms with Crippen LogP contribution in [0.15, 0.2) is 24.3 Å². The summed E-state index contributed by atoms with van der Waals surface area (Å²) in [6, 6.07) is 8.16. The van der Waals surface area contributed by atoms with Crippen molar-refractivity contribution in [3.05, 3.63) is 24.3 Å². The number of hydrogen-bond acceptors (Lipinski definition) is 4. The number of ether oxygens (including phenoxy) is 1. The number of rotatable bonds is 2. The van der Waals surface area contributed by atoms with Gasteiger partial charge in [0.25, 0.3) is 0 Å².